The molecule has 0 spiro atoms. The van der Waals surface area contributed by atoms with Crippen LogP contribution < -0.4 is 0 Å². The Morgan fingerprint density at radius 2 is 1.73 bits per heavy atom. The van der Waals surface area contributed by atoms with E-state index in [1.54, 1.807) is 0 Å². The van der Waals surface area contributed by atoms with Crippen LogP contribution >= 0.6 is 23.2 Å². The largest absolute Gasteiger partial charge is 0.490 e. The first-order chi connectivity index (χ1) is 6.91. The lowest BCUT2D eigenvalue weighted by molar-refractivity contribution is -0.201. The second kappa shape index (κ2) is 3.28. The Morgan fingerprint density at radius 1 is 1.13 bits per heavy atom. The van der Waals surface area contributed by atoms with E-state index in [2.05, 4.69) is 4.98 Å². The van der Waals surface area contributed by atoms with E-state index in [0.717, 1.165) is 0 Å². The minimum atomic E-state index is -4.55. The fourth-order valence-corrected chi connectivity index (χ4v) is 1.69. The molecule has 0 saturated carbocycles. The second-order valence-electron chi connectivity index (χ2n) is 2.81. The predicted octanol–water partition coefficient (Wildman–Crippen LogP) is 3.82. The van der Waals surface area contributed by atoms with Crippen molar-refractivity contribution in [3.05, 3.63) is 28.5 Å². The molecule has 0 aliphatic carbocycles. The van der Waals surface area contributed by atoms with Gasteiger partial charge in [0.15, 0.2) is 0 Å². The van der Waals surface area contributed by atoms with Gasteiger partial charge in [-0.3, -0.25) is 0 Å². The summed E-state index contributed by atoms with van der Waals surface area (Å²) in [6.07, 6.45) is -3.90. The number of rotatable bonds is 0. The van der Waals surface area contributed by atoms with Crippen LogP contribution in [0.15, 0.2) is 18.5 Å². The normalized spacial score (nSPS) is 12.3. The number of nitrogens with zero attached hydrogens (tertiary/aromatic N) is 2. The number of aromatic nitrogens is 2. The molecule has 0 N–H and O–H groups in total. The Bertz CT molecular complexity index is 518. The van der Waals surface area contributed by atoms with Gasteiger partial charge in [-0.1, -0.05) is 23.2 Å². The van der Waals surface area contributed by atoms with Gasteiger partial charge in [0.2, 0.25) is 0 Å². The van der Waals surface area contributed by atoms with E-state index < -0.39 is 6.30 Å². The van der Waals surface area contributed by atoms with Crippen LogP contribution in [0.25, 0.3) is 11.0 Å². The van der Waals surface area contributed by atoms with Crippen LogP contribution in [-0.4, -0.2) is 9.55 Å². The van der Waals surface area contributed by atoms with Crippen LogP contribution in [-0.2, 0) is 6.30 Å². The smallest absolute Gasteiger partial charge is 0.239 e. The third-order valence-electron chi connectivity index (χ3n) is 1.87. The molecule has 0 unspecified atom stereocenters. The van der Waals surface area contributed by atoms with E-state index in [4.69, 9.17) is 23.2 Å². The van der Waals surface area contributed by atoms with E-state index in [1.165, 1.54) is 12.1 Å². The summed E-state index contributed by atoms with van der Waals surface area (Å²) in [4.78, 5) is 3.57. The number of benzene rings is 1. The first-order valence-corrected chi connectivity index (χ1v) is 4.55. The molecule has 1 heterocycles. The number of hydrogen-bond acceptors (Lipinski definition) is 1. The molecule has 1 aromatic heterocycles. The molecule has 2 aromatic rings. The summed E-state index contributed by atoms with van der Waals surface area (Å²) >= 11 is 11.4. The highest BCUT2D eigenvalue weighted by atomic mass is 35.5. The molecule has 0 atom stereocenters. The molecular formula is C8H3Cl2F3N2. The summed E-state index contributed by atoms with van der Waals surface area (Å²) in [5, 5.41) is 0.0987. The van der Waals surface area contributed by atoms with E-state index in [0.29, 0.717) is 6.33 Å². The molecule has 7 heteroatoms. The number of fused-ring (bicyclic) bond motifs is 1. The third kappa shape index (κ3) is 1.66. The van der Waals surface area contributed by atoms with Crippen molar-refractivity contribution in [2.24, 2.45) is 0 Å². The lowest BCUT2D eigenvalue weighted by Crippen LogP contribution is -2.15. The van der Waals surface area contributed by atoms with Gasteiger partial charge in [-0.05, 0) is 12.1 Å². The Hall–Kier alpha value is -0.940. The Kier molecular flexibility index (Phi) is 2.31. The van der Waals surface area contributed by atoms with Crippen molar-refractivity contribution in [2.75, 3.05) is 0 Å². The summed E-state index contributed by atoms with van der Waals surface area (Å²) < 4.78 is 37.5. The number of alkyl halides is 3. The fourth-order valence-electron chi connectivity index (χ4n) is 1.25. The number of hydrogen-bond donors (Lipinski definition) is 0. The molecule has 0 aliphatic rings. The third-order valence-corrected chi connectivity index (χ3v) is 2.48. The number of halogens is 5. The van der Waals surface area contributed by atoms with E-state index in [1.807, 2.05) is 0 Å². The molecule has 2 rings (SSSR count). The van der Waals surface area contributed by atoms with Crippen LogP contribution in [0, 0.1) is 0 Å². The van der Waals surface area contributed by atoms with Gasteiger partial charge in [0.25, 0.3) is 0 Å². The average Bonchev–Trinajstić information content (AvgIpc) is 2.55. The minimum absolute atomic E-state index is 0.0378. The van der Waals surface area contributed by atoms with Crippen LogP contribution in [0.2, 0.25) is 10.0 Å². The highest BCUT2D eigenvalue weighted by molar-refractivity contribution is 6.39. The molecule has 0 radical (unpaired) electrons. The van der Waals surface area contributed by atoms with Crippen molar-refractivity contribution < 1.29 is 13.2 Å². The maximum Gasteiger partial charge on any atom is 0.490 e. The molecule has 0 amide bonds. The van der Waals surface area contributed by atoms with Gasteiger partial charge in [-0.2, -0.15) is 0 Å². The van der Waals surface area contributed by atoms with Gasteiger partial charge in [-0.15, -0.1) is 13.2 Å². The van der Waals surface area contributed by atoms with Crippen molar-refractivity contribution in [1.82, 2.24) is 9.55 Å². The van der Waals surface area contributed by atoms with Gasteiger partial charge >= 0.3 is 6.30 Å². The summed E-state index contributed by atoms with van der Waals surface area (Å²) in [5.41, 5.74) is -0.182. The van der Waals surface area contributed by atoms with Crippen LogP contribution in [0.1, 0.15) is 0 Å². The quantitative estimate of drug-likeness (QED) is 0.699. The zero-order chi connectivity index (χ0) is 11.2. The van der Waals surface area contributed by atoms with E-state index in [-0.39, 0.29) is 25.6 Å². The second-order valence-corrected chi connectivity index (χ2v) is 3.62. The monoisotopic (exact) mass is 254 g/mol. The molecule has 1 aromatic carbocycles. The molecule has 0 saturated heterocycles. The minimum Gasteiger partial charge on any atom is -0.239 e. The topological polar surface area (TPSA) is 17.8 Å². The van der Waals surface area contributed by atoms with Crippen molar-refractivity contribution in [3.8, 4) is 0 Å². The van der Waals surface area contributed by atoms with Gasteiger partial charge in [0.1, 0.15) is 11.8 Å². The van der Waals surface area contributed by atoms with Crippen LogP contribution in [0.5, 0.6) is 0 Å². The van der Waals surface area contributed by atoms with Crippen LogP contribution in [0.3, 0.4) is 0 Å². The van der Waals surface area contributed by atoms with Crippen molar-refractivity contribution in [3.63, 3.8) is 0 Å². The van der Waals surface area contributed by atoms with Crippen molar-refractivity contribution >= 4 is 34.2 Å². The summed E-state index contributed by atoms with van der Waals surface area (Å²) in [6.45, 7) is 0. The molecule has 0 aliphatic heterocycles. The SMILES string of the molecule is FC(F)(F)n1cnc2c(Cl)ccc(Cl)c21. The highest BCUT2D eigenvalue weighted by Crippen LogP contribution is 2.34. The molecule has 0 fully saturated rings. The van der Waals surface area contributed by atoms with Crippen molar-refractivity contribution in [2.45, 2.75) is 6.30 Å². The lowest BCUT2D eigenvalue weighted by atomic mass is 10.3. The van der Waals surface area contributed by atoms with Gasteiger partial charge in [0.05, 0.1) is 15.6 Å². The molecular weight excluding hydrogens is 252 g/mol. The van der Waals surface area contributed by atoms with Gasteiger partial charge in [0, 0.05) is 0 Å². The zero-order valence-corrected chi connectivity index (χ0v) is 8.53. The number of imidazole rings is 1. The van der Waals surface area contributed by atoms with Gasteiger partial charge < -0.3 is 0 Å². The first kappa shape index (κ1) is 10.6. The maximum absolute atomic E-state index is 12.5. The lowest BCUT2D eigenvalue weighted by Gasteiger charge is -2.08. The Labute approximate surface area is 92.2 Å². The Morgan fingerprint density at radius 3 is 2.33 bits per heavy atom. The predicted molar refractivity (Wildman–Crippen MR) is 51.1 cm³/mol. The maximum atomic E-state index is 12.5. The standard InChI is InChI=1S/C8H3Cl2F3N2/c9-4-1-2-5(10)7-6(4)14-3-15(7)8(11,12)13/h1-3H. The first-order valence-electron chi connectivity index (χ1n) is 3.79. The Balaban J connectivity index is 2.85. The van der Waals surface area contributed by atoms with Crippen molar-refractivity contribution in [1.29, 1.82) is 0 Å². The highest BCUT2D eigenvalue weighted by Gasteiger charge is 2.33. The summed E-state index contributed by atoms with van der Waals surface area (Å²) in [6, 6.07) is 2.70. The van der Waals surface area contributed by atoms with Gasteiger partial charge in [-0.25, -0.2) is 9.55 Å². The van der Waals surface area contributed by atoms with E-state index >= 15 is 0 Å². The van der Waals surface area contributed by atoms with E-state index in [9.17, 15) is 13.2 Å². The molecule has 15 heavy (non-hydrogen) atoms. The fraction of sp³-hybridized carbons (Fsp3) is 0.125. The summed E-state index contributed by atoms with van der Waals surface area (Å²) in [5.74, 6) is 0. The molecule has 80 valence electrons. The summed E-state index contributed by atoms with van der Waals surface area (Å²) in [7, 11) is 0. The molecule has 0 bridgehead atoms. The molecule has 2 nitrogen and oxygen atoms in total. The zero-order valence-electron chi connectivity index (χ0n) is 7.02. The van der Waals surface area contributed by atoms with Crippen LogP contribution in [0.4, 0.5) is 13.2 Å². The average molecular weight is 255 g/mol.